The molecule has 108 valence electrons. The molecule has 0 N–H and O–H groups in total. The number of halogens is 1. The Morgan fingerprint density at radius 3 is 2.67 bits per heavy atom. The van der Waals surface area contributed by atoms with Gasteiger partial charge in [-0.2, -0.15) is 5.10 Å². The van der Waals surface area contributed by atoms with E-state index in [0.717, 1.165) is 11.4 Å². The standard InChI is InChI=1S/C15H14ClN3O2/c1-3-19-12(13(16)9(2)17-19)8-18-11-7-5-4-6-10(11)14(20)15(18)21/h4-7H,3,8H2,1-2H3. The topological polar surface area (TPSA) is 55.2 Å². The Kier molecular flexibility index (Phi) is 3.29. The van der Waals surface area contributed by atoms with E-state index in [0.29, 0.717) is 22.8 Å². The summed E-state index contributed by atoms with van der Waals surface area (Å²) in [4.78, 5) is 25.6. The van der Waals surface area contributed by atoms with Crippen molar-refractivity contribution >= 4 is 29.0 Å². The molecule has 0 unspecified atom stereocenters. The summed E-state index contributed by atoms with van der Waals surface area (Å²) in [5, 5.41) is 4.88. The van der Waals surface area contributed by atoms with E-state index in [2.05, 4.69) is 5.10 Å². The molecule has 0 atom stereocenters. The summed E-state index contributed by atoms with van der Waals surface area (Å²) in [6.07, 6.45) is 0. The Morgan fingerprint density at radius 1 is 1.24 bits per heavy atom. The van der Waals surface area contributed by atoms with Gasteiger partial charge < -0.3 is 0 Å². The van der Waals surface area contributed by atoms with Gasteiger partial charge in [-0.25, -0.2) is 0 Å². The largest absolute Gasteiger partial charge is 0.299 e. The third-order valence-corrected chi connectivity index (χ3v) is 4.13. The smallest absolute Gasteiger partial charge is 0.299 e. The molecule has 2 heterocycles. The van der Waals surface area contributed by atoms with Crippen LogP contribution in [0.5, 0.6) is 0 Å². The van der Waals surface area contributed by atoms with Crippen LogP contribution in [-0.4, -0.2) is 21.5 Å². The number of aryl methyl sites for hydroxylation is 2. The number of carbonyl (C=O) groups excluding carboxylic acids is 2. The summed E-state index contributed by atoms with van der Waals surface area (Å²) in [7, 11) is 0. The number of rotatable bonds is 3. The van der Waals surface area contributed by atoms with Gasteiger partial charge >= 0.3 is 0 Å². The molecular weight excluding hydrogens is 290 g/mol. The molecule has 3 rings (SSSR count). The fourth-order valence-electron chi connectivity index (χ4n) is 2.57. The van der Waals surface area contributed by atoms with Crippen molar-refractivity contribution in [1.82, 2.24) is 9.78 Å². The summed E-state index contributed by atoms with van der Waals surface area (Å²) in [6.45, 7) is 4.68. The minimum Gasteiger partial charge on any atom is -0.299 e. The fraction of sp³-hybridized carbons (Fsp3) is 0.267. The van der Waals surface area contributed by atoms with Gasteiger partial charge in [0.2, 0.25) is 0 Å². The number of aromatic nitrogens is 2. The zero-order valence-electron chi connectivity index (χ0n) is 11.8. The second kappa shape index (κ2) is 5.00. The van der Waals surface area contributed by atoms with Crippen molar-refractivity contribution in [3.05, 3.63) is 46.2 Å². The van der Waals surface area contributed by atoms with Crippen molar-refractivity contribution in [3.8, 4) is 0 Å². The van der Waals surface area contributed by atoms with Crippen molar-refractivity contribution in [1.29, 1.82) is 0 Å². The van der Waals surface area contributed by atoms with Gasteiger partial charge in [-0.1, -0.05) is 23.7 Å². The maximum Gasteiger partial charge on any atom is 0.299 e. The Bertz CT molecular complexity index is 751. The molecule has 1 aromatic carbocycles. The van der Waals surface area contributed by atoms with E-state index >= 15 is 0 Å². The molecule has 1 aliphatic heterocycles. The zero-order valence-corrected chi connectivity index (χ0v) is 12.5. The first-order chi connectivity index (χ1) is 10.0. The number of fused-ring (bicyclic) bond motifs is 1. The lowest BCUT2D eigenvalue weighted by Crippen LogP contribution is -2.30. The van der Waals surface area contributed by atoms with Crippen molar-refractivity contribution in [3.63, 3.8) is 0 Å². The minimum atomic E-state index is -0.520. The molecule has 0 spiro atoms. The van der Waals surface area contributed by atoms with Crippen LogP contribution < -0.4 is 4.90 Å². The number of para-hydroxylation sites is 1. The molecule has 0 saturated carbocycles. The predicted octanol–water partition coefficient (Wildman–Crippen LogP) is 2.59. The lowest BCUT2D eigenvalue weighted by molar-refractivity contribution is -0.114. The number of hydrogen-bond donors (Lipinski definition) is 0. The second-order valence-electron chi connectivity index (χ2n) is 4.90. The van der Waals surface area contributed by atoms with Crippen LogP contribution in [0.3, 0.4) is 0 Å². The van der Waals surface area contributed by atoms with Gasteiger partial charge in [-0.3, -0.25) is 19.2 Å². The number of nitrogens with zero attached hydrogens (tertiary/aromatic N) is 3. The molecule has 0 radical (unpaired) electrons. The number of carbonyl (C=O) groups is 2. The van der Waals surface area contributed by atoms with Gasteiger partial charge in [-0.15, -0.1) is 0 Å². The van der Waals surface area contributed by atoms with E-state index in [1.165, 1.54) is 4.90 Å². The molecule has 1 aliphatic rings. The number of Topliss-reactive ketones (excluding diaryl/α,β-unsaturated/α-hetero) is 1. The highest BCUT2D eigenvalue weighted by atomic mass is 35.5. The van der Waals surface area contributed by atoms with Crippen molar-refractivity contribution in [2.75, 3.05) is 4.90 Å². The average Bonchev–Trinajstić information content (AvgIpc) is 2.90. The van der Waals surface area contributed by atoms with E-state index in [9.17, 15) is 9.59 Å². The normalized spacial score (nSPS) is 14.0. The van der Waals surface area contributed by atoms with E-state index in [4.69, 9.17) is 11.6 Å². The molecule has 0 bridgehead atoms. The molecule has 1 amide bonds. The highest BCUT2D eigenvalue weighted by molar-refractivity contribution is 6.52. The van der Waals surface area contributed by atoms with Gasteiger partial charge in [0, 0.05) is 6.54 Å². The van der Waals surface area contributed by atoms with E-state index in [1.807, 2.05) is 19.9 Å². The van der Waals surface area contributed by atoms with Crippen molar-refractivity contribution in [2.24, 2.45) is 0 Å². The first-order valence-electron chi connectivity index (χ1n) is 6.71. The van der Waals surface area contributed by atoms with Gasteiger partial charge in [0.25, 0.3) is 11.7 Å². The van der Waals surface area contributed by atoms with Crippen LogP contribution in [0, 0.1) is 6.92 Å². The van der Waals surface area contributed by atoms with Crippen molar-refractivity contribution < 1.29 is 9.59 Å². The van der Waals surface area contributed by atoms with Gasteiger partial charge in [0.05, 0.1) is 34.2 Å². The molecular formula is C15H14ClN3O2. The first-order valence-corrected chi connectivity index (χ1v) is 7.09. The molecule has 5 nitrogen and oxygen atoms in total. The SMILES string of the molecule is CCn1nc(C)c(Cl)c1CN1C(=O)C(=O)c2ccccc21. The van der Waals surface area contributed by atoms with Crippen LogP contribution in [0.4, 0.5) is 5.69 Å². The first kappa shape index (κ1) is 13.8. The lowest BCUT2D eigenvalue weighted by atomic mass is 10.1. The number of anilines is 1. The Morgan fingerprint density at radius 2 is 1.95 bits per heavy atom. The number of hydrogen-bond acceptors (Lipinski definition) is 3. The van der Waals surface area contributed by atoms with Crippen molar-refractivity contribution in [2.45, 2.75) is 26.9 Å². The van der Waals surface area contributed by atoms with E-state index in [1.54, 1.807) is 22.9 Å². The quantitative estimate of drug-likeness (QED) is 0.819. The van der Waals surface area contributed by atoms with Crippen LogP contribution in [0.25, 0.3) is 0 Å². The highest BCUT2D eigenvalue weighted by Crippen LogP contribution is 2.31. The molecule has 21 heavy (non-hydrogen) atoms. The third kappa shape index (κ3) is 2.05. The van der Waals surface area contributed by atoms with Crippen LogP contribution >= 0.6 is 11.6 Å². The Labute approximate surface area is 127 Å². The molecule has 0 fully saturated rings. The lowest BCUT2D eigenvalue weighted by Gasteiger charge is -2.17. The summed E-state index contributed by atoms with van der Waals surface area (Å²) < 4.78 is 1.76. The van der Waals surface area contributed by atoms with E-state index < -0.39 is 11.7 Å². The maximum atomic E-state index is 12.2. The summed E-state index contributed by atoms with van der Waals surface area (Å²) in [5.74, 6) is -0.991. The van der Waals surface area contributed by atoms with Crippen LogP contribution in [-0.2, 0) is 17.9 Å². The minimum absolute atomic E-state index is 0.245. The molecule has 2 aromatic rings. The summed E-state index contributed by atoms with van der Waals surface area (Å²) in [5.41, 5.74) is 2.54. The van der Waals surface area contributed by atoms with Gasteiger partial charge in [0.1, 0.15) is 0 Å². The zero-order chi connectivity index (χ0) is 15.1. The van der Waals surface area contributed by atoms with Crippen LogP contribution in [0.15, 0.2) is 24.3 Å². The molecule has 6 heteroatoms. The molecule has 0 saturated heterocycles. The average molecular weight is 304 g/mol. The third-order valence-electron chi connectivity index (χ3n) is 3.64. The second-order valence-corrected chi connectivity index (χ2v) is 5.28. The maximum absolute atomic E-state index is 12.2. The summed E-state index contributed by atoms with van der Waals surface area (Å²) in [6, 6.07) is 6.99. The Balaban J connectivity index is 2.03. The van der Waals surface area contributed by atoms with E-state index in [-0.39, 0.29) is 6.54 Å². The molecule has 0 aliphatic carbocycles. The van der Waals surface area contributed by atoms with Gasteiger partial charge in [-0.05, 0) is 26.0 Å². The number of ketones is 1. The van der Waals surface area contributed by atoms with Crippen LogP contribution in [0.1, 0.15) is 28.7 Å². The van der Waals surface area contributed by atoms with Crippen LogP contribution in [0.2, 0.25) is 5.02 Å². The monoisotopic (exact) mass is 303 g/mol. The molecule has 1 aromatic heterocycles. The predicted molar refractivity (Wildman–Crippen MR) is 79.6 cm³/mol. The number of benzene rings is 1. The summed E-state index contributed by atoms with van der Waals surface area (Å²) >= 11 is 6.28. The van der Waals surface area contributed by atoms with Gasteiger partial charge in [0.15, 0.2) is 0 Å². The highest BCUT2D eigenvalue weighted by Gasteiger charge is 2.36. The Hall–Kier alpha value is -2.14. The fourth-order valence-corrected chi connectivity index (χ4v) is 2.77. The number of amides is 1.